The number of carboxylic acid groups (broad SMARTS) is 2. The number of aromatic hydroxyl groups is 1. The number of phenolic OH excluding ortho intramolecular Hbond substituents is 1. The zero-order valence-electron chi connectivity index (χ0n) is 34.6. The summed E-state index contributed by atoms with van der Waals surface area (Å²) >= 11 is 1.34. The second-order valence-electron chi connectivity index (χ2n) is 14.7. The van der Waals surface area contributed by atoms with Crippen LogP contribution in [0.4, 0.5) is 0 Å². The zero-order valence-corrected chi connectivity index (χ0v) is 35.4. The van der Waals surface area contributed by atoms with Crippen molar-refractivity contribution in [2.75, 3.05) is 18.6 Å². The number of rotatable bonds is 24. The second kappa shape index (κ2) is 23.9. The van der Waals surface area contributed by atoms with Crippen molar-refractivity contribution in [3.63, 3.8) is 0 Å². The Morgan fingerprint density at radius 3 is 1.90 bits per heavy atom. The van der Waals surface area contributed by atoms with Crippen molar-refractivity contribution in [3.8, 4) is 5.75 Å². The number of benzene rings is 3. The number of aromatic amines is 1. The zero-order chi connectivity index (χ0) is 46.1. The number of hydrogen-bond acceptors (Lipinski definition) is 11. The molecule has 20 heteroatoms. The van der Waals surface area contributed by atoms with Crippen LogP contribution in [0, 0.1) is 0 Å². The first kappa shape index (κ1) is 48.7. The molecule has 12 N–H and O–H groups in total. The number of phenols is 1. The maximum atomic E-state index is 14.1. The summed E-state index contributed by atoms with van der Waals surface area (Å²) < 4.78 is 0. The number of fused-ring (bicyclic) bond motifs is 1. The van der Waals surface area contributed by atoms with Crippen molar-refractivity contribution in [2.24, 2.45) is 5.73 Å². The number of para-hydroxylation sites is 1. The smallest absolute Gasteiger partial charge is 0.325 e. The largest absolute Gasteiger partial charge is 0.508 e. The van der Waals surface area contributed by atoms with E-state index in [9.17, 15) is 53.7 Å². The van der Waals surface area contributed by atoms with Crippen LogP contribution in [0.2, 0.25) is 0 Å². The van der Waals surface area contributed by atoms with Crippen LogP contribution in [-0.2, 0) is 57.6 Å². The van der Waals surface area contributed by atoms with E-state index < -0.39 is 96.6 Å². The lowest BCUT2D eigenvalue weighted by Crippen LogP contribution is -2.59. The summed E-state index contributed by atoms with van der Waals surface area (Å²) in [5.41, 5.74) is 8.71. The Bertz CT molecular complexity index is 2240. The molecule has 63 heavy (non-hydrogen) atoms. The Labute approximate surface area is 366 Å². The van der Waals surface area contributed by atoms with Crippen LogP contribution in [0.1, 0.15) is 36.5 Å². The van der Waals surface area contributed by atoms with E-state index in [4.69, 9.17) is 5.73 Å². The van der Waals surface area contributed by atoms with Gasteiger partial charge in [0, 0.05) is 29.9 Å². The molecule has 0 bridgehead atoms. The second-order valence-corrected chi connectivity index (χ2v) is 15.7. The van der Waals surface area contributed by atoms with Gasteiger partial charge in [-0.1, -0.05) is 60.7 Å². The Hall–Kier alpha value is -6.93. The van der Waals surface area contributed by atoms with E-state index in [0.717, 1.165) is 10.9 Å². The first-order valence-corrected chi connectivity index (χ1v) is 21.3. The van der Waals surface area contributed by atoms with Gasteiger partial charge in [-0.3, -0.25) is 38.4 Å². The van der Waals surface area contributed by atoms with Gasteiger partial charge in [0.25, 0.3) is 0 Å². The maximum absolute atomic E-state index is 14.1. The molecule has 3 aromatic carbocycles. The van der Waals surface area contributed by atoms with Crippen LogP contribution >= 0.6 is 11.8 Å². The first-order chi connectivity index (χ1) is 30.0. The number of carbonyl (C=O) groups excluding carboxylic acids is 6. The van der Waals surface area contributed by atoms with Gasteiger partial charge < -0.3 is 57.9 Å². The number of carbonyl (C=O) groups is 8. The minimum absolute atomic E-state index is 0.00892. The van der Waals surface area contributed by atoms with Crippen molar-refractivity contribution >= 4 is 70.0 Å². The highest BCUT2D eigenvalue weighted by atomic mass is 32.2. The van der Waals surface area contributed by atoms with Gasteiger partial charge in [0.1, 0.15) is 36.0 Å². The maximum Gasteiger partial charge on any atom is 0.325 e. The highest BCUT2D eigenvalue weighted by Gasteiger charge is 2.33. The highest BCUT2D eigenvalue weighted by molar-refractivity contribution is 7.98. The highest BCUT2D eigenvalue weighted by Crippen LogP contribution is 2.20. The van der Waals surface area contributed by atoms with Crippen molar-refractivity contribution in [1.82, 2.24) is 36.9 Å². The fraction of sp³-hybridized carbons (Fsp3) is 0.349. The number of nitrogens with two attached hydrogens (primary N) is 1. The molecule has 0 spiro atoms. The summed E-state index contributed by atoms with van der Waals surface area (Å²) in [6.45, 7) is 0.672. The van der Waals surface area contributed by atoms with Gasteiger partial charge in [-0.15, -0.1) is 0 Å². The van der Waals surface area contributed by atoms with Crippen LogP contribution < -0.4 is 37.6 Å². The molecule has 0 saturated carbocycles. The van der Waals surface area contributed by atoms with Gasteiger partial charge in [0.15, 0.2) is 0 Å². The molecule has 0 aliphatic rings. The van der Waals surface area contributed by atoms with Gasteiger partial charge in [-0.2, -0.15) is 11.8 Å². The Kier molecular flexibility index (Phi) is 18.5. The third kappa shape index (κ3) is 15.5. The molecule has 0 radical (unpaired) electrons. The van der Waals surface area contributed by atoms with E-state index in [0.29, 0.717) is 22.4 Å². The number of thioether (sulfide) groups is 1. The number of amides is 6. The molecule has 6 atom stereocenters. The average Bonchev–Trinajstić information content (AvgIpc) is 3.66. The summed E-state index contributed by atoms with van der Waals surface area (Å²) in [7, 11) is 0. The lowest BCUT2D eigenvalue weighted by Gasteiger charge is -2.26. The predicted octanol–water partition coefficient (Wildman–Crippen LogP) is 0.101. The Balaban J connectivity index is 1.52. The molecule has 4 aromatic rings. The Morgan fingerprint density at radius 2 is 1.24 bits per heavy atom. The van der Waals surface area contributed by atoms with Gasteiger partial charge in [0.05, 0.1) is 19.0 Å². The fourth-order valence-electron chi connectivity index (χ4n) is 6.39. The average molecular weight is 889 g/mol. The monoisotopic (exact) mass is 888 g/mol. The molecule has 19 nitrogen and oxygen atoms in total. The molecule has 6 unspecified atom stereocenters. The van der Waals surface area contributed by atoms with Gasteiger partial charge >= 0.3 is 11.9 Å². The van der Waals surface area contributed by atoms with E-state index >= 15 is 0 Å². The predicted molar refractivity (Wildman–Crippen MR) is 233 cm³/mol. The van der Waals surface area contributed by atoms with Crippen LogP contribution in [0.15, 0.2) is 85.1 Å². The molecule has 0 aliphatic carbocycles. The van der Waals surface area contributed by atoms with Crippen molar-refractivity contribution in [1.29, 1.82) is 0 Å². The van der Waals surface area contributed by atoms with E-state index in [1.807, 2.05) is 18.2 Å². The molecule has 1 aromatic heterocycles. The summed E-state index contributed by atoms with van der Waals surface area (Å²) in [5, 5.41) is 44.2. The fourth-order valence-corrected chi connectivity index (χ4v) is 6.86. The van der Waals surface area contributed by atoms with E-state index in [1.54, 1.807) is 61.0 Å². The summed E-state index contributed by atoms with van der Waals surface area (Å²) in [6.07, 6.45) is 2.45. The van der Waals surface area contributed by atoms with Crippen LogP contribution in [0.25, 0.3) is 10.9 Å². The van der Waals surface area contributed by atoms with Gasteiger partial charge in [-0.25, -0.2) is 0 Å². The topological polar surface area (TPSA) is 311 Å². The third-order valence-corrected chi connectivity index (χ3v) is 10.4. The molecule has 336 valence electrons. The lowest BCUT2D eigenvalue weighted by atomic mass is 10.0. The number of carboxylic acids is 2. The SMILES string of the molecule is CSCCC(NC(=O)C(Cc1c[nH]c2ccccc12)NC(=O)CNC(=O)C(N)Cc1ccc(O)cc1)C(=O)NC(CC(=O)O)C(=O)NC(Cc1ccccc1)C(=O)NC(C)C(=O)O. The molecule has 0 saturated heterocycles. The van der Waals surface area contributed by atoms with Crippen LogP contribution in [0.5, 0.6) is 5.75 Å². The third-order valence-electron chi connectivity index (χ3n) is 9.80. The summed E-state index contributed by atoms with van der Waals surface area (Å²) in [5.74, 6) is -7.51. The minimum Gasteiger partial charge on any atom is -0.508 e. The molecule has 6 amide bonds. The number of H-pyrrole nitrogens is 1. The lowest BCUT2D eigenvalue weighted by molar-refractivity contribution is -0.143. The number of hydrogen-bond donors (Lipinski definition) is 11. The number of aliphatic carboxylic acids is 2. The number of aromatic nitrogens is 1. The van der Waals surface area contributed by atoms with Gasteiger partial charge in [0.2, 0.25) is 35.4 Å². The molecule has 0 aliphatic heterocycles. The minimum atomic E-state index is -1.75. The van der Waals surface area contributed by atoms with E-state index in [1.165, 1.54) is 30.8 Å². The van der Waals surface area contributed by atoms with Crippen LogP contribution in [-0.4, -0.2) is 122 Å². The van der Waals surface area contributed by atoms with Crippen molar-refractivity contribution in [2.45, 2.75) is 75.3 Å². The van der Waals surface area contributed by atoms with Crippen molar-refractivity contribution < 1.29 is 53.7 Å². The first-order valence-electron chi connectivity index (χ1n) is 19.9. The molecule has 1 heterocycles. The molecule has 4 rings (SSSR count). The summed E-state index contributed by atoms with van der Waals surface area (Å²) in [4.78, 5) is 108. The summed E-state index contributed by atoms with van der Waals surface area (Å²) in [6, 6.07) is 13.6. The normalized spacial score (nSPS) is 13.8. The standard InChI is InChI=1S/C43H52N8O11S/c1-24(43(61)62)47-40(58)33(19-25-8-4-3-5-9-25)50-42(60)35(21-37(54)55)51-39(57)32(16-17-63-2)49-41(59)34(20-27-22-45-31-11-7-6-10-29(27)31)48-36(53)23-46-38(56)30(44)18-26-12-14-28(52)15-13-26/h3-15,22,24,30,32-35,45,52H,16-21,23,44H2,1-2H3,(H,46,56)(H,47,58)(H,48,53)(H,49,59)(H,50,60)(H,51,57)(H,54,55)(H,61,62). The Morgan fingerprint density at radius 1 is 0.667 bits per heavy atom. The quantitative estimate of drug-likeness (QED) is 0.0446. The van der Waals surface area contributed by atoms with Gasteiger partial charge in [-0.05, 0) is 66.7 Å². The van der Waals surface area contributed by atoms with Crippen LogP contribution in [0.3, 0.4) is 0 Å². The van der Waals surface area contributed by atoms with E-state index in [-0.39, 0.29) is 31.4 Å². The molecular weight excluding hydrogens is 837 g/mol. The van der Waals surface area contributed by atoms with E-state index in [2.05, 4.69) is 36.9 Å². The van der Waals surface area contributed by atoms with Crippen molar-refractivity contribution in [3.05, 3.63) is 102 Å². The number of nitrogens with one attached hydrogen (secondary N) is 7. The molecular formula is C43H52N8O11S. The molecule has 0 fully saturated rings.